The lowest BCUT2D eigenvalue weighted by atomic mass is 9.79. The molecular weight excluding hydrogens is 430 g/mol. The van der Waals surface area contributed by atoms with E-state index < -0.39 is 6.04 Å². The first kappa shape index (κ1) is 23.7. The smallest absolute Gasteiger partial charge is 0.270 e. The standard InChI is InChI=1S/C25H33N7O2/c1-5-32-21(12-13-27-32)24(33)29-23(18-8-6-15(2)7-9-18)25(34)28-19-10-11-20(26-14-19)22-16(3)30-31-17(22)4/h10-15,18,23H,5-9H2,1-4H3,(H,28,34)(H,29,33)(H,30,31)/t15-,18-,23-/m0/s1. The van der Waals surface area contributed by atoms with Crippen LogP contribution >= 0.6 is 0 Å². The average molecular weight is 464 g/mol. The van der Waals surface area contributed by atoms with Crippen LogP contribution < -0.4 is 10.6 Å². The van der Waals surface area contributed by atoms with Gasteiger partial charge in [0.15, 0.2) is 0 Å². The molecule has 2 amide bonds. The summed E-state index contributed by atoms with van der Waals surface area (Å²) in [5.74, 6) is 0.226. The lowest BCUT2D eigenvalue weighted by Crippen LogP contribution is -2.49. The number of H-pyrrole nitrogens is 1. The predicted octanol–water partition coefficient (Wildman–Crippen LogP) is 3.87. The predicted molar refractivity (Wildman–Crippen MR) is 130 cm³/mol. The second-order valence-corrected chi connectivity index (χ2v) is 9.23. The molecule has 1 aliphatic carbocycles. The van der Waals surface area contributed by atoms with Crippen molar-refractivity contribution in [1.82, 2.24) is 30.3 Å². The van der Waals surface area contributed by atoms with Crippen LogP contribution in [0.25, 0.3) is 11.3 Å². The molecule has 0 unspecified atom stereocenters. The highest BCUT2D eigenvalue weighted by molar-refractivity contribution is 6.00. The number of anilines is 1. The van der Waals surface area contributed by atoms with E-state index in [1.165, 1.54) is 0 Å². The minimum atomic E-state index is -0.627. The summed E-state index contributed by atoms with van der Waals surface area (Å²) < 4.78 is 1.63. The van der Waals surface area contributed by atoms with Crippen molar-refractivity contribution < 1.29 is 9.59 Å². The fourth-order valence-electron chi connectivity index (χ4n) is 4.77. The Balaban J connectivity index is 1.51. The molecule has 0 bridgehead atoms. The fraction of sp³-hybridized carbons (Fsp3) is 0.480. The number of amides is 2. The van der Waals surface area contributed by atoms with Gasteiger partial charge in [0.05, 0.1) is 23.3 Å². The van der Waals surface area contributed by atoms with Crippen molar-refractivity contribution in [3.63, 3.8) is 0 Å². The van der Waals surface area contributed by atoms with Crippen LogP contribution in [0.5, 0.6) is 0 Å². The van der Waals surface area contributed by atoms with Gasteiger partial charge in [-0.05, 0) is 63.6 Å². The zero-order valence-electron chi connectivity index (χ0n) is 20.3. The monoisotopic (exact) mass is 463 g/mol. The van der Waals surface area contributed by atoms with Crippen molar-refractivity contribution in [3.05, 3.63) is 47.7 Å². The Bertz CT molecular complexity index is 1120. The number of aryl methyl sites for hydroxylation is 3. The number of aromatic nitrogens is 5. The van der Waals surface area contributed by atoms with E-state index in [4.69, 9.17) is 0 Å². The zero-order valence-corrected chi connectivity index (χ0v) is 20.3. The maximum atomic E-state index is 13.4. The molecule has 0 saturated heterocycles. The van der Waals surface area contributed by atoms with Gasteiger partial charge in [-0.1, -0.05) is 19.8 Å². The number of aromatic amines is 1. The molecule has 3 N–H and O–H groups in total. The number of rotatable bonds is 7. The maximum Gasteiger partial charge on any atom is 0.270 e. The van der Waals surface area contributed by atoms with Crippen molar-refractivity contribution >= 4 is 17.5 Å². The van der Waals surface area contributed by atoms with Gasteiger partial charge < -0.3 is 10.6 Å². The van der Waals surface area contributed by atoms with Crippen LogP contribution in [0.4, 0.5) is 5.69 Å². The molecular formula is C25H33N7O2. The van der Waals surface area contributed by atoms with Gasteiger partial charge in [-0.2, -0.15) is 10.2 Å². The molecule has 3 aromatic heterocycles. The molecule has 9 nitrogen and oxygen atoms in total. The number of hydrogen-bond acceptors (Lipinski definition) is 5. The summed E-state index contributed by atoms with van der Waals surface area (Å²) in [7, 11) is 0. The third-order valence-corrected chi connectivity index (χ3v) is 6.76. The van der Waals surface area contributed by atoms with E-state index in [9.17, 15) is 9.59 Å². The summed E-state index contributed by atoms with van der Waals surface area (Å²) in [5.41, 5.74) is 4.63. The van der Waals surface area contributed by atoms with E-state index in [0.29, 0.717) is 23.8 Å². The first-order valence-corrected chi connectivity index (χ1v) is 12.0. The van der Waals surface area contributed by atoms with Crippen LogP contribution in [0.1, 0.15) is 61.4 Å². The number of carbonyl (C=O) groups excluding carboxylic acids is 2. The normalized spacial score (nSPS) is 18.9. The molecule has 0 aromatic carbocycles. The molecule has 0 aliphatic heterocycles. The van der Waals surface area contributed by atoms with Crippen molar-refractivity contribution in [1.29, 1.82) is 0 Å². The Morgan fingerprint density at radius 1 is 1.18 bits per heavy atom. The fourth-order valence-corrected chi connectivity index (χ4v) is 4.77. The number of nitrogens with zero attached hydrogens (tertiary/aromatic N) is 4. The Hall–Kier alpha value is -3.49. The van der Waals surface area contributed by atoms with Gasteiger partial charge in [0.25, 0.3) is 5.91 Å². The highest BCUT2D eigenvalue weighted by atomic mass is 16.2. The Labute approximate surface area is 199 Å². The molecule has 0 radical (unpaired) electrons. The van der Waals surface area contributed by atoms with Crippen LogP contribution in [0, 0.1) is 25.7 Å². The third-order valence-electron chi connectivity index (χ3n) is 6.76. The molecule has 0 spiro atoms. The van der Waals surface area contributed by atoms with Gasteiger partial charge in [-0.15, -0.1) is 0 Å². The van der Waals surface area contributed by atoms with Crippen LogP contribution in [-0.2, 0) is 11.3 Å². The molecule has 180 valence electrons. The molecule has 3 heterocycles. The lowest BCUT2D eigenvalue weighted by molar-refractivity contribution is -0.119. The lowest BCUT2D eigenvalue weighted by Gasteiger charge is -2.32. The SMILES string of the molecule is CCn1nccc1C(=O)N[C@H](C(=O)Nc1ccc(-c2c(C)n[nH]c2C)nc1)[C@H]1CC[C@H](C)CC1. The molecule has 1 saturated carbocycles. The van der Waals surface area contributed by atoms with E-state index in [2.05, 4.69) is 37.8 Å². The Kier molecular flexibility index (Phi) is 7.09. The first-order chi connectivity index (χ1) is 16.4. The minimum absolute atomic E-state index is 0.0848. The van der Waals surface area contributed by atoms with E-state index in [1.807, 2.05) is 32.9 Å². The van der Waals surface area contributed by atoms with Crippen molar-refractivity contribution in [2.24, 2.45) is 11.8 Å². The summed E-state index contributed by atoms with van der Waals surface area (Å²) in [6.45, 7) is 8.63. The minimum Gasteiger partial charge on any atom is -0.339 e. The topological polar surface area (TPSA) is 118 Å². The van der Waals surface area contributed by atoms with Gasteiger partial charge in [0.1, 0.15) is 11.7 Å². The maximum absolute atomic E-state index is 13.4. The first-order valence-electron chi connectivity index (χ1n) is 12.0. The summed E-state index contributed by atoms with van der Waals surface area (Å²) in [4.78, 5) is 30.9. The van der Waals surface area contributed by atoms with Crippen LogP contribution in [0.3, 0.4) is 0 Å². The molecule has 34 heavy (non-hydrogen) atoms. The summed E-state index contributed by atoms with van der Waals surface area (Å²) >= 11 is 0. The molecule has 9 heteroatoms. The highest BCUT2D eigenvalue weighted by Crippen LogP contribution is 2.31. The van der Waals surface area contributed by atoms with Gasteiger partial charge in [-0.3, -0.25) is 24.4 Å². The van der Waals surface area contributed by atoms with Gasteiger partial charge >= 0.3 is 0 Å². The van der Waals surface area contributed by atoms with Crippen LogP contribution in [0.15, 0.2) is 30.6 Å². The van der Waals surface area contributed by atoms with Crippen LogP contribution in [-0.4, -0.2) is 42.8 Å². The average Bonchev–Trinajstić information content (AvgIpc) is 3.45. The zero-order chi connectivity index (χ0) is 24.2. The van der Waals surface area contributed by atoms with E-state index >= 15 is 0 Å². The quantitative estimate of drug-likeness (QED) is 0.492. The molecule has 1 aliphatic rings. The van der Waals surface area contributed by atoms with Crippen LogP contribution in [0.2, 0.25) is 0 Å². The van der Waals surface area contributed by atoms with Crippen molar-refractivity contribution in [2.45, 2.75) is 66.0 Å². The Morgan fingerprint density at radius 2 is 1.94 bits per heavy atom. The molecule has 4 rings (SSSR count). The number of pyridine rings is 1. The van der Waals surface area contributed by atoms with Crippen molar-refractivity contribution in [3.8, 4) is 11.3 Å². The third kappa shape index (κ3) is 5.03. The summed E-state index contributed by atoms with van der Waals surface area (Å²) in [6, 6.07) is 4.76. The van der Waals surface area contributed by atoms with Gasteiger partial charge in [-0.25, -0.2) is 0 Å². The number of hydrogen-bond donors (Lipinski definition) is 3. The van der Waals surface area contributed by atoms with E-state index in [1.54, 1.807) is 23.1 Å². The van der Waals surface area contributed by atoms with E-state index in [-0.39, 0.29) is 17.7 Å². The molecule has 1 atom stereocenters. The largest absolute Gasteiger partial charge is 0.339 e. The number of carbonyl (C=O) groups is 2. The molecule has 3 aromatic rings. The van der Waals surface area contributed by atoms with E-state index in [0.717, 1.165) is 48.3 Å². The second-order valence-electron chi connectivity index (χ2n) is 9.23. The Morgan fingerprint density at radius 3 is 2.56 bits per heavy atom. The van der Waals surface area contributed by atoms with Gasteiger partial charge in [0.2, 0.25) is 5.91 Å². The second kappa shape index (κ2) is 10.2. The molecule has 1 fully saturated rings. The number of nitrogens with one attached hydrogen (secondary N) is 3. The van der Waals surface area contributed by atoms with Gasteiger partial charge in [0, 0.05) is 24.0 Å². The van der Waals surface area contributed by atoms with Crippen molar-refractivity contribution in [2.75, 3.05) is 5.32 Å². The summed E-state index contributed by atoms with van der Waals surface area (Å²) in [5, 5.41) is 17.3. The summed E-state index contributed by atoms with van der Waals surface area (Å²) in [6.07, 6.45) is 7.17. The highest BCUT2D eigenvalue weighted by Gasteiger charge is 2.33.